The molecule has 0 saturated carbocycles. The minimum Gasteiger partial charge on any atom is -0.493 e. The van der Waals surface area contributed by atoms with Gasteiger partial charge in [0.2, 0.25) is 10.0 Å². The maximum Gasteiger partial charge on any atom is 0.387 e. The van der Waals surface area contributed by atoms with E-state index >= 15 is 0 Å². The van der Waals surface area contributed by atoms with Crippen LogP contribution in [0, 0.1) is 0 Å². The van der Waals surface area contributed by atoms with E-state index in [1.165, 1.54) is 25.3 Å². The number of rotatable bonds is 9. The number of halogens is 2. The SMILES string of the molecule is COc1cc(CCNC(=O)c2cccc(NS(C)(=O)=O)c2)ccc1OC(F)F. The Kier molecular flexibility index (Phi) is 7.16. The first-order valence-corrected chi connectivity index (χ1v) is 10.0. The van der Waals surface area contributed by atoms with E-state index in [1.807, 2.05) is 0 Å². The fraction of sp³-hybridized carbons (Fsp3) is 0.278. The number of nitrogens with one attached hydrogen (secondary N) is 2. The third-order valence-electron chi connectivity index (χ3n) is 3.57. The normalized spacial score (nSPS) is 11.2. The van der Waals surface area contributed by atoms with Crippen molar-refractivity contribution < 1.29 is 31.5 Å². The topological polar surface area (TPSA) is 93.7 Å². The van der Waals surface area contributed by atoms with E-state index in [-0.39, 0.29) is 29.6 Å². The van der Waals surface area contributed by atoms with Gasteiger partial charge in [0.1, 0.15) is 0 Å². The van der Waals surface area contributed by atoms with Crippen LogP contribution in [0.3, 0.4) is 0 Å². The lowest BCUT2D eigenvalue weighted by atomic mass is 10.1. The van der Waals surface area contributed by atoms with Gasteiger partial charge in [0.25, 0.3) is 5.91 Å². The maximum absolute atomic E-state index is 12.3. The molecular formula is C18H20F2N2O5S. The van der Waals surface area contributed by atoms with E-state index in [1.54, 1.807) is 24.3 Å². The molecular weight excluding hydrogens is 394 g/mol. The molecule has 0 heterocycles. The first-order valence-electron chi connectivity index (χ1n) is 8.15. The van der Waals surface area contributed by atoms with Crippen LogP contribution in [-0.4, -0.2) is 40.8 Å². The summed E-state index contributed by atoms with van der Waals surface area (Å²) in [7, 11) is -2.10. The van der Waals surface area contributed by atoms with Gasteiger partial charge >= 0.3 is 6.61 Å². The van der Waals surface area contributed by atoms with Crippen molar-refractivity contribution in [3.8, 4) is 11.5 Å². The van der Waals surface area contributed by atoms with Gasteiger partial charge < -0.3 is 14.8 Å². The summed E-state index contributed by atoms with van der Waals surface area (Å²) in [4.78, 5) is 12.2. The lowest BCUT2D eigenvalue weighted by Crippen LogP contribution is -2.25. The number of hydrogen-bond acceptors (Lipinski definition) is 5. The number of ether oxygens (including phenoxy) is 2. The fourth-order valence-corrected chi connectivity index (χ4v) is 2.98. The number of carbonyl (C=O) groups excluding carboxylic acids is 1. The van der Waals surface area contributed by atoms with Gasteiger partial charge in [-0.15, -0.1) is 0 Å². The molecule has 2 N–H and O–H groups in total. The Labute approximate surface area is 161 Å². The van der Waals surface area contributed by atoms with E-state index in [2.05, 4.69) is 14.8 Å². The van der Waals surface area contributed by atoms with Gasteiger partial charge in [0.15, 0.2) is 11.5 Å². The number of alkyl halides is 2. The zero-order valence-electron chi connectivity index (χ0n) is 15.2. The highest BCUT2D eigenvalue weighted by Gasteiger charge is 2.12. The number of benzene rings is 2. The molecule has 2 aromatic carbocycles. The van der Waals surface area contributed by atoms with Crippen molar-refractivity contribution in [1.29, 1.82) is 0 Å². The summed E-state index contributed by atoms with van der Waals surface area (Å²) >= 11 is 0. The fourth-order valence-electron chi connectivity index (χ4n) is 2.42. The molecule has 1 amide bonds. The van der Waals surface area contributed by atoms with Crippen molar-refractivity contribution in [3.05, 3.63) is 53.6 Å². The summed E-state index contributed by atoms with van der Waals surface area (Å²) in [6.45, 7) is -2.67. The van der Waals surface area contributed by atoms with Crippen LogP contribution in [0.1, 0.15) is 15.9 Å². The molecule has 0 radical (unpaired) electrons. The van der Waals surface area contributed by atoms with Gasteiger partial charge in [-0.1, -0.05) is 12.1 Å². The van der Waals surface area contributed by atoms with Crippen molar-refractivity contribution in [2.75, 3.05) is 24.6 Å². The molecule has 0 unspecified atom stereocenters. The lowest BCUT2D eigenvalue weighted by Gasteiger charge is -2.12. The van der Waals surface area contributed by atoms with Crippen molar-refractivity contribution >= 4 is 21.6 Å². The molecule has 0 fully saturated rings. The Morgan fingerprint density at radius 2 is 1.89 bits per heavy atom. The lowest BCUT2D eigenvalue weighted by molar-refractivity contribution is -0.0512. The number of amides is 1. The largest absolute Gasteiger partial charge is 0.493 e. The number of sulfonamides is 1. The van der Waals surface area contributed by atoms with E-state index in [9.17, 15) is 22.0 Å². The minimum absolute atomic E-state index is 0.0690. The number of hydrogen-bond donors (Lipinski definition) is 2. The van der Waals surface area contributed by atoms with Crippen LogP contribution in [0.15, 0.2) is 42.5 Å². The van der Waals surface area contributed by atoms with Gasteiger partial charge in [-0.25, -0.2) is 8.42 Å². The Morgan fingerprint density at radius 3 is 2.54 bits per heavy atom. The Balaban J connectivity index is 1.96. The van der Waals surface area contributed by atoms with Crippen LogP contribution in [0.5, 0.6) is 11.5 Å². The van der Waals surface area contributed by atoms with Gasteiger partial charge in [-0.2, -0.15) is 8.78 Å². The highest BCUT2D eigenvalue weighted by atomic mass is 32.2. The van der Waals surface area contributed by atoms with Crippen molar-refractivity contribution in [2.24, 2.45) is 0 Å². The smallest absolute Gasteiger partial charge is 0.387 e. The summed E-state index contributed by atoms with van der Waals surface area (Å²) in [5.41, 5.74) is 1.34. The first-order chi connectivity index (χ1) is 13.2. The number of methoxy groups -OCH3 is 1. The minimum atomic E-state index is -3.44. The second-order valence-corrected chi connectivity index (χ2v) is 7.57. The molecule has 10 heteroatoms. The molecule has 0 aromatic heterocycles. The van der Waals surface area contributed by atoms with E-state index in [4.69, 9.17) is 4.74 Å². The third kappa shape index (κ3) is 6.69. The summed E-state index contributed by atoms with van der Waals surface area (Å²) in [6.07, 6.45) is 1.45. The third-order valence-corrected chi connectivity index (χ3v) is 4.18. The van der Waals surface area contributed by atoms with Crippen LogP contribution < -0.4 is 19.5 Å². The summed E-state index contributed by atoms with van der Waals surface area (Å²) in [5, 5.41) is 2.71. The van der Waals surface area contributed by atoms with Gasteiger partial charge in [-0.05, 0) is 42.3 Å². The average molecular weight is 414 g/mol. The second-order valence-electron chi connectivity index (χ2n) is 5.82. The maximum atomic E-state index is 12.3. The monoisotopic (exact) mass is 414 g/mol. The molecule has 2 rings (SSSR count). The van der Waals surface area contributed by atoms with Crippen LogP contribution >= 0.6 is 0 Å². The zero-order valence-corrected chi connectivity index (χ0v) is 16.1. The van der Waals surface area contributed by atoms with Crippen LogP contribution in [-0.2, 0) is 16.4 Å². The van der Waals surface area contributed by atoms with Crippen molar-refractivity contribution in [3.63, 3.8) is 0 Å². The Hall–Kier alpha value is -2.88. The predicted octanol–water partition coefficient (Wildman–Crippen LogP) is 2.64. The van der Waals surface area contributed by atoms with E-state index in [0.717, 1.165) is 11.8 Å². The predicted molar refractivity (Wildman–Crippen MR) is 101 cm³/mol. The molecule has 0 aliphatic carbocycles. The first kappa shape index (κ1) is 21.4. The standard InChI is InChI=1S/C18H20F2N2O5S/c1-26-16-10-12(6-7-15(16)27-18(19)20)8-9-21-17(23)13-4-3-5-14(11-13)22-28(2,24)25/h3-7,10-11,18,22H,8-9H2,1-2H3,(H,21,23). The van der Waals surface area contributed by atoms with E-state index in [0.29, 0.717) is 12.0 Å². The molecule has 0 aliphatic heterocycles. The number of anilines is 1. The van der Waals surface area contributed by atoms with Crippen molar-refractivity contribution in [2.45, 2.75) is 13.0 Å². The summed E-state index contributed by atoms with van der Waals surface area (Å²) < 4.78 is 58.9. The Morgan fingerprint density at radius 1 is 1.14 bits per heavy atom. The van der Waals surface area contributed by atoms with E-state index < -0.39 is 16.6 Å². The summed E-state index contributed by atoms with van der Waals surface area (Å²) in [6, 6.07) is 10.6. The van der Waals surface area contributed by atoms with Gasteiger partial charge in [-0.3, -0.25) is 9.52 Å². The molecule has 0 spiro atoms. The molecule has 7 nitrogen and oxygen atoms in total. The van der Waals surface area contributed by atoms with Crippen LogP contribution in [0.25, 0.3) is 0 Å². The molecule has 0 saturated heterocycles. The Bertz CT molecular complexity index is 935. The quantitative estimate of drug-likeness (QED) is 0.658. The van der Waals surface area contributed by atoms with Crippen molar-refractivity contribution in [1.82, 2.24) is 5.32 Å². The van der Waals surface area contributed by atoms with Crippen LogP contribution in [0.2, 0.25) is 0 Å². The number of carbonyl (C=O) groups is 1. The van der Waals surface area contributed by atoms with Gasteiger partial charge in [0, 0.05) is 17.8 Å². The molecule has 0 aliphatic rings. The van der Waals surface area contributed by atoms with Crippen LogP contribution in [0.4, 0.5) is 14.5 Å². The highest BCUT2D eigenvalue weighted by Crippen LogP contribution is 2.29. The average Bonchev–Trinajstić information content (AvgIpc) is 2.61. The highest BCUT2D eigenvalue weighted by molar-refractivity contribution is 7.92. The molecule has 0 atom stereocenters. The molecule has 2 aromatic rings. The second kappa shape index (κ2) is 9.36. The zero-order chi connectivity index (χ0) is 20.7. The summed E-state index contributed by atoms with van der Waals surface area (Å²) in [5.74, 6) is -0.272. The molecule has 0 bridgehead atoms. The molecule has 28 heavy (non-hydrogen) atoms. The van der Waals surface area contributed by atoms with Gasteiger partial charge in [0.05, 0.1) is 13.4 Å². The molecule has 152 valence electrons.